The van der Waals surface area contributed by atoms with Crippen LogP contribution in [-0.4, -0.2) is 31.7 Å². The Kier molecular flexibility index (Phi) is 4.82. The minimum atomic E-state index is -5.29. The molecule has 0 rings (SSSR count). The summed E-state index contributed by atoms with van der Waals surface area (Å²) in [5.41, 5.74) is -5.29. The molecule has 0 radical (unpaired) electrons. The highest BCUT2D eigenvalue weighted by molar-refractivity contribution is 7.90. The zero-order valence-corrected chi connectivity index (χ0v) is 8.32. The molecular weight excluding hydrogens is 223 g/mol. The standard InChI is InChI=1S/C6H12F3NO3S/c1-2-5(11)3-4-10-14(12,13)6(7,8)9/h5,10-11H,2-4H2,1H3. The summed E-state index contributed by atoms with van der Waals surface area (Å²) in [5, 5.41) is 8.94. The zero-order chi connectivity index (χ0) is 11.4. The Morgan fingerprint density at radius 1 is 1.43 bits per heavy atom. The van der Waals surface area contributed by atoms with Crippen molar-refractivity contribution in [2.45, 2.75) is 31.4 Å². The lowest BCUT2D eigenvalue weighted by atomic mass is 10.2. The predicted molar refractivity (Wildman–Crippen MR) is 43.9 cm³/mol. The van der Waals surface area contributed by atoms with E-state index in [-0.39, 0.29) is 6.42 Å². The van der Waals surface area contributed by atoms with E-state index in [1.54, 1.807) is 6.92 Å². The summed E-state index contributed by atoms with van der Waals surface area (Å²) in [7, 11) is -5.26. The summed E-state index contributed by atoms with van der Waals surface area (Å²) in [6, 6.07) is 0. The molecule has 0 bridgehead atoms. The third-order valence-electron chi connectivity index (χ3n) is 1.55. The summed E-state index contributed by atoms with van der Waals surface area (Å²) in [5.74, 6) is 0. The van der Waals surface area contributed by atoms with E-state index in [1.165, 1.54) is 4.72 Å². The predicted octanol–water partition coefficient (Wildman–Crippen LogP) is 0.587. The molecule has 8 heteroatoms. The molecule has 2 N–H and O–H groups in total. The molecule has 4 nitrogen and oxygen atoms in total. The Balaban J connectivity index is 4.03. The van der Waals surface area contributed by atoms with Crippen LogP contribution in [0.2, 0.25) is 0 Å². The first-order chi connectivity index (χ1) is 6.20. The van der Waals surface area contributed by atoms with Gasteiger partial charge in [0.1, 0.15) is 0 Å². The van der Waals surface area contributed by atoms with Crippen LogP contribution in [0.15, 0.2) is 0 Å². The Hall–Kier alpha value is -0.340. The van der Waals surface area contributed by atoms with Crippen LogP contribution in [0.1, 0.15) is 19.8 Å². The summed E-state index contributed by atoms with van der Waals surface area (Å²) in [6.45, 7) is 1.22. The third kappa shape index (κ3) is 4.25. The number of hydrogen-bond donors (Lipinski definition) is 2. The first-order valence-electron chi connectivity index (χ1n) is 3.94. The van der Waals surface area contributed by atoms with Crippen LogP contribution in [0.5, 0.6) is 0 Å². The molecule has 0 spiro atoms. The minimum absolute atomic E-state index is 0.0359. The van der Waals surface area contributed by atoms with Gasteiger partial charge in [0.15, 0.2) is 0 Å². The number of aliphatic hydroxyl groups is 1. The van der Waals surface area contributed by atoms with E-state index in [4.69, 9.17) is 5.11 Å². The third-order valence-corrected chi connectivity index (χ3v) is 2.74. The average Bonchev–Trinajstić information content (AvgIpc) is 2.01. The molecule has 0 saturated heterocycles. The normalized spacial score (nSPS) is 15.5. The molecule has 1 unspecified atom stereocenters. The maximum absolute atomic E-state index is 11.7. The van der Waals surface area contributed by atoms with Crippen molar-refractivity contribution in [2.75, 3.05) is 6.54 Å². The Bertz CT molecular complexity index is 262. The number of nitrogens with one attached hydrogen (secondary N) is 1. The van der Waals surface area contributed by atoms with E-state index in [2.05, 4.69) is 0 Å². The van der Waals surface area contributed by atoms with Crippen molar-refractivity contribution >= 4 is 10.0 Å². The lowest BCUT2D eigenvalue weighted by Gasteiger charge is -2.11. The van der Waals surface area contributed by atoms with Crippen molar-refractivity contribution < 1.29 is 26.7 Å². The molecule has 86 valence electrons. The molecule has 0 fully saturated rings. The van der Waals surface area contributed by atoms with Crippen LogP contribution >= 0.6 is 0 Å². The first-order valence-corrected chi connectivity index (χ1v) is 5.43. The van der Waals surface area contributed by atoms with Gasteiger partial charge in [-0.3, -0.25) is 0 Å². The zero-order valence-electron chi connectivity index (χ0n) is 7.50. The van der Waals surface area contributed by atoms with E-state index >= 15 is 0 Å². The van der Waals surface area contributed by atoms with Crippen LogP contribution in [0.25, 0.3) is 0 Å². The first kappa shape index (κ1) is 13.7. The van der Waals surface area contributed by atoms with Gasteiger partial charge in [-0.05, 0) is 12.8 Å². The summed E-state index contributed by atoms with van der Waals surface area (Å²) >= 11 is 0. The Morgan fingerprint density at radius 3 is 2.29 bits per heavy atom. The summed E-state index contributed by atoms with van der Waals surface area (Å²) in [4.78, 5) is 0. The number of hydrogen-bond acceptors (Lipinski definition) is 3. The van der Waals surface area contributed by atoms with Crippen molar-refractivity contribution in [3.05, 3.63) is 0 Å². The SMILES string of the molecule is CCC(O)CCNS(=O)(=O)C(F)(F)F. The van der Waals surface area contributed by atoms with Gasteiger partial charge in [-0.25, -0.2) is 13.1 Å². The monoisotopic (exact) mass is 235 g/mol. The van der Waals surface area contributed by atoms with E-state index in [1.807, 2.05) is 0 Å². The van der Waals surface area contributed by atoms with Gasteiger partial charge in [0.2, 0.25) is 0 Å². The van der Waals surface area contributed by atoms with Crippen molar-refractivity contribution in [2.24, 2.45) is 0 Å². The lowest BCUT2D eigenvalue weighted by molar-refractivity contribution is -0.0448. The summed E-state index contributed by atoms with van der Waals surface area (Å²) < 4.78 is 57.3. The Morgan fingerprint density at radius 2 is 1.93 bits per heavy atom. The van der Waals surface area contributed by atoms with Gasteiger partial charge < -0.3 is 5.11 Å². The van der Waals surface area contributed by atoms with Crippen molar-refractivity contribution in [3.63, 3.8) is 0 Å². The highest BCUT2D eigenvalue weighted by Crippen LogP contribution is 2.21. The highest BCUT2D eigenvalue weighted by atomic mass is 32.2. The second kappa shape index (κ2) is 4.94. The number of halogens is 3. The molecule has 14 heavy (non-hydrogen) atoms. The molecule has 0 aliphatic rings. The van der Waals surface area contributed by atoms with E-state index in [0.717, 1.165) is 0 Å². The maximum atomic E-state index is 11.7. The van der Waals surface area contributed by atoms with Crippen molar-refractivity contribution in [3.8, 4) is 0 Å². The number of rotatable bonds is 5. The lowest BCUT2D eigenvalue weighted by Crippen LogP contribution is -2.37. The second-order valence-electron chi connectivity index (χ2n) is 2.69. The minimum Gasteiger partial charge on any atom is -0.393 e. The molecule has 0 aromatic heterocycles. The van der Waals surface area contributed by atoms with Gasteiger partial charge in [0.05, 0.1) is 6.10 Å². The van der Waals surface area contributed by atoms with Crippen LogP contribution < -0.4 is 4.72 Å². The Labute approximate surface area is 80.2 Å². The van der Waals surface area contributed by atoms with Gasteiger partial charge in [0, 0.05) is 6.54 Å². The maximum Gasteiger partial charge on any atom is 0.511 e. The highest BCUT2D eigenvalue weighted by Gasteiger charge is 2.45. The van der Waals surface area contributed by atoms with Crippen LogP contribution in [0.3, 0.4) is 0 Å². The van der Waals surface area contributed by atoms with Crippen LogP contribution in [-0.2, 0) is 10.0 Å². The van der Waals surface area contributed by atoms with Gasteiger partial charge in [-0.1, -0.05) is 6.92 Å². The fourth-order valence-corrected chi connectivity index (χ4v) is 1.20. The fourth-order valence-electron chi connectivity index (χ4n) is 0.646. The number of aliphatic hydroxyl groups excluding tert-OH is 1. The molecule has 0 aromatic rings. The van der Waals surface area contributed by atoms with E-state index < -0.39 is 28.2 Å². The van der Waals surface area contributed by atoms with Gasteiger partial charge >= 0.3 is 15.5 Å². The molecule has 1 atom stereocenters. The molecule has 0 heterocycles. The van der Waals surface area contributed by atoms with Crippen molar-refractivity contribution in [1.82, 2.24) is 4.72 Å². The van der Waals surface area contributed by atoms with Gasteiger partial charge in [0.25, 0.3) is 0 Å². The van der Waals surface area contributed by atoms with Crippen molar-refractivity contribution in [1.29, 1.82) is 0 Å². The number of sulfonamides is 1. The summed E-state index contributed by atoms with van der Waals surface area (Å²) in [6.07, 6.45) is -0.453. The molecule has 0 aliphatic carbocycles. The second-order valence-corrected chi connectivity index (χ2v) is 4.45. The largest absolute Gasteiger partial charge is 0.511 e. The topological polar surface area (TPSA) is 66.4 Å². The number of alkyl halides is 3. The smallest absolute Gasteiger partial charge is 0.393 e. The quantitative estimate of drug-likeness (QED) is 0.732. The van der Waals surface area contributed by atoms with E-state index in [9.17, 15) is 21.6 Å². The average molecular weight is 235 g/mol. The van der Waals surface area contributed by atoms with Gasteiger partial charge in [-0.2, -0.15) is 13.2 Å². The molecular formula is C6H12F3NO3S. The molecule has 0 aliphatic heterocycles. The molecule has 0 aromatic carbocycles. The van der Waals surface area contributed by atoms with E-state index in [0.29, 0.717) is 6.42 Å². The van der Waals surface area contributed by atoms with Crippen LogP contribution in [0, 0.1) is 0 Å². The van der Waals surface area contributed by atoms with Crippen LogP contribution in [0.4, 0.5) is 13.2 Å². The fraction of sp³-hybridized carbons (Fsp3) is 1.00. The molecule has 0 amide bonds. The molecule has 0 saturated carbocycles. The van der Waals surface area contributed by atoms with Gasteiger partial charge in [-0.15, -0.1) is 0 Å².